The quantitative estimate of drug-likeness (QED) is 0.358. The number of morpholine rings is 1. The van der Waals surface area contributed by atoms with E-state index in [2.05, 4.69) is 4.90 Å². The summed E-state index contributed by atoms with van der Waals surface area (Å²) in [4.78, 5) is 23.1. The van der Waals surface area contributed by atoms with Crippen LogP contribution in [0.15, 0.2) is 39.9 Å². The first kappa shape index (κ1) is 27.5. The van der Waals surface area contributed by atoms with E-state index in [0.29, 0.717) is 37.0 Å². The number of piperidine rings is 1. The van der Waals surface area contributed by atoms with Crippen LogP contribution in [0.5, 0.6) is 5.75 Å². The predicted octanol–water partition coefficient (Wildman–Crippen LogP) is 4.06. The van der Waals surface area contributed by atoms with Crippen LogP contribution in [0, 0.1) is 0 Å². The number of carbonyl (C=O) groups excluding carboxylic acids is 1. The zero-order valence-electron chi connectivity index (χ0n) is 21.6. The smallest absolute Gasteiger partial charge is 0.253 e. The molecule has 38 heavy (non-hydrogen) atoms. The first-order chi connectivity index (χ1) is 18.5. The fourth-order valence-corrected chi connectivity index (χ4v) is 8.81. The lowest BCUT2D eigenvalue weighted by Crippen LogP contribution is -2.53. The fourth-order valence-electron chi connectivity index (χ4n) is 5.02. The maximum atomic E-state index is 14.2. The van der Waals surface area contributed by atoms with Crippen LogP contribution in [0.2, 0.25) is 0 Å². The van der Waals surface area contributed by atoms with E-state index in [0.717, 1.165) is 62.3 Å². The minimum Gasteiger partial charge on any atom is -0.492 e. The third-order valence-electron chi connectivity index (χ3n) is 6.92. The molecule has 0 bridgehead atoms. The molecule has 2 fully saturated rings. The molecule has 2 aromatic heterocycles. The monoisotopic (exact) mass is 578 g/mol. The molecular formula is C26H34N4O5S3. The summed E-state index contributed by atoms with van der Waals surface area (Å²) in [6, 6.07) is 8.38. The standard InChI is InChI=1S/C26H34N4O5S3/c1-2-35-21-9-5-10-22-24(21)27-26(37-22)29(13-7-12-28-15-17-34-18-16-28)25(31)20-8-3-4-14-30(20)38(32,33)23-11-6-19-36-23/h5-6,9-11,19-20H,2-4,7-8,12-18H2,1H3. The number of ether oxygens (including phenoxy) is 2. The van der Waals surface area contributed by atoms with Crippen LogP contribution in [0.1, 0.15) is 32.6 Å². The van der Waals surface area contributed by atoms with Gasteiger partial charge in [-0.2, -0.15) is 4.31 Å². The van der Waals surface area contributed by atoms with Gasteiger partial charge in [0.05, 0.1) is 24.5 Å². The molecule has 4 heterocycles. The lowest BCUT2D eigenvalue weighted by atomic mass is 10.0. The largest absolute Gasteiger partial charge is 0.492 e. The number of aromatic nitrogens is 1. The van der Waals surface area contributed by atoms with Crippen LogP contribution in [0.3, 0.4) is 0 Å². The molecule has 0 aliphatic carbocycles. The third-order valence-corrected chi connectivity index (χ3v) is 11.2. The van der Waals surface area contributed by atoms with Gasteiger partial charge in [0.25, 0.3) is 10.0 Å². The molecule has 0 radical (unpaired) electrons. The molecule has 1 unspecified atom stereocenters. The molecule has 9 nitrogen and oxygen atoms in total. The summed E-state index contributed by atoms with van der Waals surface area (Å²) < 4.78 is 40.9. The minimum atomic E-state index is -3.76. The Morgan fingerprint density at radius 1 is 1.18 bits per heavy atom. The number of benzene rings is 1. The number of hydrogen-bond acceptors (Lipinski definition) is 9. The topological polar surface area (TPSA) is 92.3 Å². The summed E-state index contributed by atoms with van der Waals surface area (Å²) in [5.74, 6) is 0.483. The number of sulfonamides is 1. The number of thiazole rings is 1. The lowest BCUT2D eigenvalue weighted by molar-refractivity contribution is -0.123. The number of carbonyl (C=O) groups is 1. The minimum absolute atomic E-state index is 0.205. The SMILES string of the molecule is CCOc1cccc2sc(N(CCCN3CCOCC3)C(=O)C3CCCCN3S(=O)(=O)c3cccs3)nc12. The number of nitrogens with zero attached hydrogens (tertiary/aromatic N) is 4. The van der Waals surface area contributed by atoms with Gasteiger partial charge in [0.1, 0.15) is 21.5 Å². The van der Waals surface area contributed by atoms with Crippen LogP contribution in [-0.4, -0.2) is 87.1 Å². The number of hydrogen-bond donors (Lipinski definition) is 0. The molecule has 0 saturated carbocycles. The van der Waals surface area contributed by atoms with E-state index in [-0.39, 0.29) is 10.1 Å². The van der Waals surface area contributed by atoms with Crippen molar-refractivity contribution in [2.45, 2.75) is 42.9 Å². The van der Waals surface area contributed by atoms with Gasteiger partial charge in [-0.25, -0.2) is 13.4 Å². The first-order valence-electron chi connectivity index (χ1n) is 13.2. The van der Waals surface area contributed by atoms with E-state index in [1.165, 1.54) is 27.0 Å². The van der Waals surface area contributed by atoms with Crippen molar-refractivity contribution in [2.24, 2.45) is 0 Å². The van der Waals surface area contributed by atoms with Gasteiger partial charge in [-0.05, 0) is 49.8 Å². The summed E-state index contributed by atoms with van der Waals surface area (Å²) in [6.07, 6.45) is 2.80. The molecule has 12 heteroatoms. The maximum absolute atomic E-state index is 14.2. The summed E-state index contributed by atoms with van der Waals surface area (Å²) in [7, 11) is -3.76. The highest BCUT2D eigenvalue weighted by Gasteiger charge is 2.40. The third kappa shape index (κ3) is 5.90. The first-order valence-corrected chi connectivity index (χ1v) is 16.3. The highest BCUT2D eigenvalue weighted by atomic mass is 32.2. The average molecular weight is 579 g/mol. The van der Waals surface area contributed by atoms with Crippen molar-refractivity contribution in [1.29, 1.82) is 0 Å². The Morgan fingerprint density at radius 2 is 2.03 bits per heavy atom. The highest BCUT2D eigenvalue weighted by Crippen LogP contribution is 2.36. The molecule has 2 saturated heterocycles. The van der Waals surface area contributed by atoms with Crippen molar-refractivity contribution in [1.82, 2.24) is 14.2 Å². The molecule has 1 atom stereocenters. The molecule has 0 N–H and O–H groups in total. The van der Waals surface area contributed by atoms with Crippen molar-refractivity contribution in [3.63, 3.8) is 0 Å². The lowest BCUT2D eigenvalue weighted by Gasteiger charge is -2.36. The molecular weight excluding hydrogens is 545 g/mol. The number of amides is 1. The van der Waals surface area contributed by atoms with Gasteiger partial charge < -0.3 is 9.47 Å². The second-order valence-electron chi connectivity index (χ2n) is 9.39. The van der Waals surface area contributed by atoms with E-state index in [1.807, 2.05) is 25.1 Å². The van der Waals surface area contributed by atoms with Crippen LogP contribution >= 0.6 is 22.7 Å². The summed E-state index contributed by atoms with van der Waals surface area (Å²) >= 11 is 2.63. The Bertz CT molecular complexity index is 1320. The predicted molar refractivity (Wildman–Crippen MR) is 151 cm³/mol. The number of para-hydroxylation sites is 1. The van der Waals surface area contributed by atoms with Crippen LogP contribution in [0.25, 0.3) is 10.2 Å². The molecule has 1 aromatic carbocycles. The van der Waals surface area contributed by atoms with Gasteiger partial charge in [-0.15, -0.1) is 11.3 Å². The molecule has 2 aliphatic heterocycles. The van der Waals surface area contributed by atoms with E-state index < -0.39 is 16.1 Å². The molecule has 1 amide bonds. The van der Waals surface area contributed by atoms with Gasteiger partial charge >= 0.3 is 0 Å². The highest BCUT2D eigenvalue weighted by molar-refractivity contribution is 7.91. The van der Waals surface area contributed by atoms with E-state index in [4.69, 9.17) is 14.5 Å². The maximum Gasteiger partial charge on any atom is 0.253 e. The van der Waals surface area contributed by atoms with Crippen molar-refractivity contribution >= 4 is 54.0 Å². The Hall–Kier alpha value is -2.09. The Kier molecular flexibility index (Phi) is 8.96. The van der Waals surface area contributed by atoms with Gasteiger partial charge in [0.2, 0.25) is 5.91 Å². The van der Waals surface area contributed by atoms with Crippen molar-refractivity contribution in [2.75, 3.05) is 57.4 Å². The van der Waals surface area contributed by atoms with E-state index >= 15 is 0 Å². The Morgan fingerprint density at radius 3 is 2.79 bits per heavy atom. The Labute approximate surface area is 232 Å². The van der Waals surface area contributed by atoms with Crippen LogP contribution in [0.4, 0.5) is 5.13 Å². The molecule has 206 valence electrons. The number of fused-ring (bicyclic) bond motifs is 1. The molecule has 0 spiro atoms. The number of rotatable bonds is 10. The van der Waals surface area contributed by atoms with Crippen molar-refractivity contribution in [3.8, 4) is 5.75 Å². The van der Waals surface area contributed by atoms with Gasteiger partial charge in [0, 0.05) is 32.7 Å². The van der Waals surface area contributed by atoms with E-state index in [1.54, 1.807) is 22.4 Å². The number of anilines is 1. The van der Waals surface area contributed by atoms with E-state index in [9.17, 15) is 13.2 Å². The zero-order chi connectivity index (χ0) is 26.5. The van der Waals surface area contributed by atoms with Crippen LogP contribution in [-0.2, 0) is 19.6 Å². The summed E-state index contributed by atoms with van der Waals surface area (Å²) in [5.41, 5.74) is 0.729. The Balaban J connectivity index is 1.45. The van der Waals surface area contributed by atoms with Gasteiger partial charge in [-0.3, -0.25) is 14.6 Å². The average Bonchev–Trinajstić information content (AvgIpc) is 3.63. The van der Waals surface area contributed by atoms with Crippen molar-refractivity contribution < 1.29 is 22.7 Å². The number of thiophene rings is 1. The normalized spacial score (nSPS) is 19.6. The second kappa shape index (κ2) is 12.4. The summed E-state index contributed by atoms with van der Waals surface area (Å²) in [5, 5.41) is 2.33. The molecule has 5 rings (SSSR count). The second-order valence-corrected chi connectivity index (χ2v) is 13.5. The van der Waals surface area contributed by atoms with Gasteiger partial charge in [0.15, 0.2) is 5.13 Å². The fraction of sp³-hybridized carbons (Fsp3) is 0.538. The molecule has 2 aliphatic rings. The van der Waals surface area contributed by atoms with Gasteiger partial charge in [-0.1, -0.05) is 29.9 Å². The summed E-state index contributed by atoms with van der Waals surface area (Å²) in [6.45, 7) is 7.28. The van der Waals surface area contributed by atoms with Crippen molar-refractivity contribution in [3.05, 3.63) is 35.7 Å². The zero-order valence-corrected chi connectivity index (χ0v) is 24.0. The molecule has 3 aromatic rings. The van der Waals surface area contributed by atoms with Crippen LogP contribution < -0.4 is 9.64 Å².